The molecule has 28 heavy (non-hydrogen) atoms. The molecule has 0 atom stereocenters. The number of hydrogen-bond donors (Lipinski definition) is 1. The van der Waals surface area contributed by atoms with Crippen LogP contribution < -0.4 is 10.1 Å². The largest absolute Gasteiger partial charge is 0.486 e. The zero-order chi connectivity index (χ0) is 19.5. The molecule has 0 radical (unpaired) electrons. The first-order valence-electron chi connectivity index (χ1n) is 8.56. The Morgan fingerprint density at radius 2 is 1.93 bits per heavy atom. The fourth-order valence-corrected chi connectivity index (χ4v) is 2.83. The molecule has 140 valence electrons. The van der Waals surface area contributed by atoms with Crippen molar-refractivity contribution < 1.29 is 9.53 Å². The van der Waals surface area contributed by atoms with E-state index in [4.69, 9.17) is 16.3 Å². The van der Waals surface area contributed by atoms with Crippen LogP contribution in [0.4, 0.5) is 11.5 Å². The van der Waals surface area contributed by atoms with Crippen LogP contribution in [0.2, 0.25) is 5.02 Å². The van der Waals surface area contributed by atoms with Gasteiger partial charge in [0.1, 0.15) is 12.4 Å². The molecule has 4 aromatic rings. The minimum atomic E-state index is 0.0129. The summed E-state index contributed by atoms with van der Waals surface area (Å²) >= 11 is 6.02. The number of ether oxygens (including phenoxy) is 1. The molecule has 2 heterocycles. The van der Waals surface area contributed by atoms with Gasteiger partial charge in [0.25, 0.3) is 0 Å². The molecule has 0 aliphatic carbocycles. The predicted molar refractivity (Wildman–Crippen MR) is 106 cm³/mol. The Hall–Kier alpha value is -3.45. The highest BCUT2D eigenvalue weighted by Gasteiger charge is 2.09. The number of nitrogens with one attached hydrogen (secondary N) is 1. The second-order valence-electron chi connectivity index (χ2n) is 6.11. The summed E-state index contributed by atoms with van der Waals surface area (Å²) in [6.45, 7) is 1.72. The van der Waals surface area contributed by atoms with Crippen molar-refractivity contribution >= 4 is 34.5 Å². The van der Waals surface area contributed by atoms with Crippen LogP contribution in [0.1, 0.15) is 23.1 Å². The number of carbonyl (C=O) groups excluding carboxylic acids is 1. The van der Waals surface area contributed by atoms with Crippen molar-refractivity contribution in [2.75, 3.05) is 5.32 Å². The summed E-state index contributed by atoms with van der Waals surface area (Å²) in [4.78, 5) is 11.3. The van der Waals surface area contributed by atoms with Gasteiger partial charge in [0.05, 0.1) is 0 Å². The molecule has 4 rings (SSSR count). The van der Waals surface area contributed by atoms with E-state index in [9.17, 15) is 4.79 Å². The molecule has 0 aliphatic heterocycles. The van der Waals surface area contributed by atoms with Crippen molar-refractivity contribution in [3.05, 3.63) is 77.1 Å². The molecule has 0 saturated heterocycles. The first-order chi connectivity index (χ1) is 13.6. The number of anilines is 2. The Bertz CT molecular complexity index is 1140. The molecule has 0 aliphatic rings. The van der Waals surface area contributed by atoms with Crippen molar-refractivity contribution in [1.82, 2.24) is 19.8 Å². The zero-order valence-corrected chi connectivity index (χ0v) is 15.7. The minimum Gasteiger partial charge on any atom is -0.486 e. The van der Waals surface area contributed by atoms with Crippen LogP contribution >= 0.6 is 11.6 Å². The van der Waals surface area contributed by atoms with Gasteiger partial charge in [-0.1, -0.05) is 17.7 Å². The normalized spacial score (nSPS) is 10.8. The highest BCUT2D eigenvalue weighted by atomic mass is 35.5. The topological polar surface area (TPSA) is 81.4 Å². The number of Topliss-reactive ketones (excluding diaryl/α,β-unsaturated/α-hetero) is 1. The van der Waals surface area contributed by atoms with Crippen LogP contribution in [0, 0.1) is 0 Å². The maximum atomic E-state index is 11.3. The maximum absolute atomic E-state index is 11.3. The summed E-state index contributed by atoms with van der Waals surface area (Å²) in [5.74, 6) is 1.83. The van der Waals surface area contributed by atoms with Gasteiger partial charge in [0, 0.05) is 16.3 Å². The number of halogens is 1. The summed E-state index contributed by atoms with van der Waals surface area (Å²) in [7, 11) is 0. The zero-order valence-electron chi connectivity index (χ0n) is 15.0. The fraction of sp³-hybridized carbons (Fsp3) is 0.100. The summed E-state index contributed by atoms with van der Waals surface area (Å²) in [5.41, 5.74) is 2.08. The number of fused-ring (bicyclic) bond motifs is 1. The van der Waals surface area contributed by atoms with E-state index in [1.54, 1.807) is 28.8 Å². The van der Waals surface area contributed by atoms with Gasteiger partial charge < -0.3 is 10.1 Å². The number of aromatic nitrogens is 4. The van der Waals surface area contributed by atoms with Crippen LogP contribution in [0.25, 0.3) is 5.65 Å². The Morgan fingerprint density at radius 3 is 2.68 bits per heavy atom. The standard InChI is InChI=1S/C20H16ClN5O2/c1-13(27)14-5-7-17(8-6-14)28-12-20-24-23-19-10-9-18(25-26(19)20)22-16-4-2-3-15(21)11-16/h2-11H,12H2,1H3,(H,22,25). The molecule has 1 N–H and O–H groups in total. The van der Waals surface area contributed by atoms with Crippen LogP contribution in [0.5, 0.6) is 5.75 Å². The number of nitrogens with zero attached hydrogens (tertiary/aromatic N) is 4. The van der Waals surface area contributed by atoms with Gasteiger partial charge >= 0.3 is 0 Å². The summed E-state index contributed by atoms with van der Waals surface area (Å²) in [6.07, 6.45) is 0. The Morgan fingerprint density at radius 1 is 1.11 bits per heavy atom. The molecule has 0 unspecified atom stereocenters. The van der Waals surface area contributed by atoms with E-state index in [2.05, 4.69) is 20.6 Å². The third-order valence-electron chi connectivity index (χ3n) is 4.05. The van der Waals surface area contributed by atoms with E-state index in [0.29, 0.717) is 33.6 Å². The second-order valence-corrected chi connectivity index (χ2v) is 6.55. The lowest BCUT2D eigenvalue weighted by Crippen LogP contribution is -2.06. The number of rotatable bonds is 6. The van der Waals surface area contributed by atoms with Gasteiger partial charge in [-0.05, 0) is 61.5 Å². The predicted octanol–water partition coefficient (Wildman–Crippen LogP) is 4.30. The van der Waals surface area contributed by atoms with E-state index in [-0.39, 0.29) is 12.4 Å². The van der Waals surface area contributed by atoms with Gasteiger partial charge in [-0.25, -0.2) is 0 Å². The third kappa shape index (κ3) is 3.94. The van der Waals surface area contributed by atoms with E-state index in [1.807, 2.05) is 36.4 Å². The first kappa shape index (κ1) is 17.9. The third-order valence-corrected chi connectivity index (χ3v) is 4.29. The van der Waals surface area contributed by atoms with E-state index in [1.165, 1.54) is 6.92 Å². The lowest BCUT2D eigenvalue weighted by molar-refractivity contribution is 0.101. The molecular formula is C20H16ClN5O2. The van der Waals surface area contributed by atoms with E-state index in [0.717, 1.165) is 5.69 Å². The van der Waals surface area contributed by atoms with Gasteiger partial charge in [0.15, 0.2) is 23.1 Å². The van der Waals surface area contributed by atoms with Crippen LogP contribution in [-0.2, 0) is 6.61 Å². The van der Waals surface area contributed by atoms with Crippen LogP contribution in [0.3, 0.4) is 0 Å². The van der Waals surface area contributed by atoms with Crippen LogP contribution in [-0.4, -0.2) is 25.6 Å². The Kier molecular flexibility index (Phi) is 4.90. The number of benzene rings is 2. The van der Waals surface area contributed by atoms with Gasteiger partial charge in [-0.15, -0.1) is 15.3 Å². The second kappa shape index (κ2) is 7.66. The molecule has 0 bridgehead atoms. The van der Waals surface area contributed by atoms with Gasteiger partial charge in [-0.3, -0.25) is 4.79 Å². The quantitative estimate of drug-likeness (QED) is 0.492. The lowest BCUT2D eigenvalue weighted by atomic mass is 10.1. The summed E-state index contributed by atoms with van der Waals surface area (Å²) in [5, 5.41) is 16.6. The van der Waals surface area contributed by atoms with Crippen molar-refractivity contribution in [2.45, 2.75) is 13.5 Å². The lowest BCUT2D eigenvalue weighted by Gasteiger charge is -2.08. The van der Waals surface area contributed by atoms with Crippen LogP contribution in [0.15, 0.2) is 60.7 Å². The molecular weight excluding hydrogens is 378 g/mol. The SMILES string of the molecule is CC(=O)c1ccc(OCc2nnc3ccc(Nc4cccc(Cl)c4)nn23)cc1. The maximum Gasteiger partial charge on any atom is 0.192 e. The highest BCUT2D eigenvalue weighted by molar-refractivity contribution is 6.30. The number of hydrogen-bond acceptors (Lipinski definition) is 6. The number of carbonyl (C=O) groups is 1. The fourth-order valence-electron chi connectivity index (χ4n) is 2.64. The monoisotopic (exact) mass is 393 g/mol. The van der Waals surface area contributed by atoms with Crippen molar-refractivity contribution in [3.63, 3.8) is 0 Å². The van der Waals surface area contributed by atoms with Gasteiger partial charge in [0.2, 0.25) is 0 Å². The first-order valence-corrected chi connectivity index (χ1v) is 8.94. The molecule has 2 aromatic heterocycles. The van der Waals surface area contributed by atoms with Gasteiger partial charge in [-0.2, -0.15) is 4.52 Å². The average molecular weight is 394 g/mol. The van der Waals surface area contributed by atoms with Crippen molar-refractivity contribution in [1.29, 1.82) is 0 Å². The van der Waals surface area contributed by atoms with E-state index >= 15 is 0 Å². The van der Waals surface area contributed by atoms with Crippen molar-refractivity contribution in [2.24, 2.45) is 0 Å². The summed E-state index contributed by atoms with van der Waals surface area (Å²) < 4.78 is 7.38. The Labute approximate surface area is 165 Å². The molecule has 2 aromatic carbocycles. The summed E-state index contributed by atoms with van der Waals surface area (Å²) in [6, 6.07) is 18.0. The minimum absolute atomic E-state index is 0.0129. The smallest absolute Gasteiger partial charge is 0.192 e. The molecule has 0 amide bonds. The molecule has 0 fully saturated rings. The number of ketones is 1. The molecule has 0 saturated carbocycles. The van der Waals surface area contributed by atoms with Crippen molar-refractivity contribution in [3.8, 4) is 5.75 Å². The van der Waals surface area contributed by atoms with E-state index < -0.39 is 0 Å². The Balaban J connectivity index is 1.52. The highest BCUT2D eigenvalue weighted by Crippen LogP contribution is 2.19. The molecule has 0 spiro atoms. The molecule has 8 heteroatoms. The average Bonchev–Trinajstić information content (AvgIpc) is 3.09. The molecule has 7 nitrogen and oxygen atoms in total.